The number of nitroso groups, excluding NO2 is 1. The summed E-state index contributed by atoms with van der Waals surface area (Å²) < 4.78 is 0. The molecule has 3 saturated carbocycles. The van der Waals surface area contributed by atoms with Gasteiger partial charge in [0.2, 0.25) is 0 Å². The zero-order valence-corrected chi connectivity index (χ0v) is 15.5. The third kappa shape index (κ3) is 2.19. The number of aliphatic hydroxyl groups is 1. The maximum absolute atomic E-state index is 11.2. The monoisotopic (exact) mass is 331 g/mol. The van der Waals surface area contributed by atoms with Crippen LogP contribution in [0.3, 0.4) is 0 Å². The van der Waals surface area contributed by atoms with E-state index in [0.717, 1.165) is 37.0 Å². The molecule has 0 heterocycles. The highest BCUT2D eigenvalue weighted by molar-refractivity contribution is 5.25. The van der Waals surface area contributed by atoms with Crippen molar-refractivity contribution in [3.8, 4) is 0 Å². The van der Waals surface area contributed by atoms with Gasteiger partial charge in [-0.1, -0.05) is 30.7 Å². The first-order chi connectivity index (χ1) is 11.4. The Morgan fingerprint density at radius 2 is 1.96 bits per heavy atom. The van der Waals surface area contributed by atoms with E-state index >= 15 is 0 Å². The van der Waals surface area contributed by atoms with E-state index < -0.39 is 0 Å². The molecule has 0 aromatic heterocycles. The lowest BCUT2D eigenvalue weighted by molar-refractivity contribution is -0.0519. The molecule has 0 aromatic carbocycles. The molecule has 134 valence electrons. The van der Waals surface area contributed by atoms with E-state index in [0.29, 0.717) is 16.7 Å². The molecule has 24 heavy (non-hydrogen) atoms. The highest BCUT2D eigenvalue weighted by Crippen LogP contribution is 2.66. The molecule has 3 fully saturated rings. The molecule has 0 aliphatic heterocycles. The third-order valence-corrected chi connectivity index (χ3v) is 8.90. The molecule has 3 nitrogen and oxygen atoms in total. The highest BCUT2D eigenvalue weighted by atomic mass is 16.3. The van der Waals surface area contributed by atoms with E-state index in [9.17, 15) is 10.0 Å². The van der Waals surface area contributed by atoms with Gasteiger partial charge in [0.05, 0.1) is 12.1 Å². The average Bonchev–Trinajstić information content (AvgIpc) is 2.92. The number of aliphatic hydroxyl groups excluding tert-OH is 1. The van der Waals surface area contributed by atoms with Crippen LogP contribution in [-0.2, 0) is 0 Å². The average molecular weight is 332 g/mol. The molecule has 0 aromatic rings. The number of nitrogens with zero attached hydrogens (tertiary/aromatic N) is 1. The molecule has 0 saturated heterocycles. The zero-order chi connectivity index (χ0) is 17.1. The largest absolute Gasteiger partial charge is 0.393 e. The molecule has 0 spiro atoms. The van der Waals surface area contributed by atoms with Gasteiger partial charge < -0.3 is 5.11 Å². The highest BCUT2D eigenvalue weighted by Gasteiger charge is 2.59. The van der Waals surface area contributed by atoms with Gasteiger partial charge in [-0.05, 0) is 92.8 Å². The van der Waals surface area contributed by atoms with Gasteiger partial charge in [-0.3, -0.25) is 0 Å². The summed E-state index contributed by atoms with van der Waals surface area (Å²) in [4.78, 5) is 11.2. The van der Waals surface area contributed by atoms with Gasteiger partial charge in [0, 0.05) is 0 Å². The fraction of sp³-hybridized carbons (Fsp3) is 0.905. The van der Waals surface area contributed by atoms with Crippen molar-refractivity contribution in [3.63, 3.8) is 0 Å². The predicted octanol–water partition coefficient (Wildman–Crippen LogP) is 5.08. The van der Waals surface area contributed by atoms with E-state index in [1.54, 1.807) is 5.57 Å². The van der Waals surface area contributed by atoms with Crippen molar-refractivity contribution in [2.45, 2.75) is 84.3 Å². The first-order valence-corrected chi connectivity index (χ1v) is 10.1. The Morgan fingerprint density at radius 3 is 2.71 bits per heavy atom. The van der Waals surface area contributed by atoms with E-state index in [1.165, 1.54) is 32.1 Å². The van der Waals surface area contributed by atoms with Gasteiger partial charge in [0.15, 0.2) is 0 Å². The van der Waals surface area contributed by atoms with Crippen LogP contribution in [0.15, 0.2) is 16.8 Å². The first-order valence-electron chi connectivity index (χ1n) is 10.1. The smallest absolute Gasteiger partial charge is 0.0925 e. The molecular weight excluding hydrogens is 298 g/mol. The van der Waals surface area contributed by atoms with Crippen molar-refractivity contribution in [2.75, 3.05) is 0 Å². The fourth-order valence-electron chi connectivity index (χ4n) is 7.55. The van der Waals surface area contributed by atoms with Gasteiger partial charge in [-0.2, -0.15) is 4.91 Å². The topological polar surface area (TPSA) is 49.7 Å². The van der Waals surface area contributed by atoms with Crippen LogP contribution < -0.4 is 0 Å². The molecule has 8 atom stereocenters. The minimum atomic E-state index is -0.120. The van der Waals surface area contributed by atoms with Crippen LogP contribution in [0.5, 0.6) is 0 Å². The molecule has 4 aliphatic carbocycles. The minimum Gasteiger partial charge on any atom is -0.393 e. The SMILES string of the molecule is CC(N=O)[C@H]1CC[C@H]2[C@@H]3CC=C4C[C@@H](O)CC[C@]4(C)[C@H]3CC[C@]12C. The number of rotatable bonds is 2. The third-order valence-electron chi connectivity index (χ3n) is 8.90. The maximum atomic E-state index is 11.2. The molecule has 0 bridgehead atoms. The van der Waals surface area contributed by atoms with Crippen LogP contribution >= 0.6 is 0 Å². The van der Waals surface area contributed by atoms with Crippen molar-refractivity contribution in [1.82, 2.24) is 0 Å². The quantitative estimate of drug-likeness (QED) is 0.566. The predicted molar refractivity (Wildman–Crippen MR) is 96.5 cm³/mol. The van der Waals surface area contributed by atoms with E-state index in [-0.39, 0.29) is 12.1 Å². The Balaban J connectivity index is 1.64. The minimum absolute atomic E-state index is 0.0355. The van der Waals surface area contributed by atoms with Crippen LogP contribution in [0.4, 0.5) is 0 Å². The second-order valence-corrected chi connectivity index (χ2v) is 9.73. The first kappa shape index (κ1) is 16.8. The normalized spacial score (nSPS) is 51.8. The van der Waals surface area contributed by atoms with Gasteiger partial charge in [-0.15, -0.1) is 0 Å². The molecule has 4 rings (SSSR count). The molecular formula is C21H33NO2. The molecule has 4 aliphatic rings. The Labute approximate surface area is 146 Å². The molecule has 1 N–H and O–H groups in total. The summed E-state index contributed by atoms with van der Waals surface area (Å²) >= 11 is 0. The summed E-state index contributed by atoms with van der Waals surface area (Å²) in [7, 11) is 0. The summed E-state index contributed by atoms with van der Waals surface area (Å²) in [5, 5.41) is 13.5. The molecule has 1 unspecified atom stereocenters. The van der Waals surface area contributed by atoms with Crippen LogP contribution in [0.25, 0.3) is 0 Å². The number of hydrogen-bond acceptors (Lipinski definition) is 3. The van der Waals surface area contributed by atoms with Crippen molar-refractivity contribution in [3.05, 3.63) is 16.6 Å². The Kier molecular flexibility index (Phi) is 3.95. The van der Waals surface area contributed by atoms with Crippen molar-refractivity contribution >= 4 is 0 Å². The van der Waals surface area contributed by atoms with E-state index in [1.807, 2.05) is 6.92 Å². The van der Waals surface area contributed by atoms with E-state index in [4.69, 9.17) is 0 Å². The summed E-state index contributed by atoms with van der Waals surface area (Å²) in [5.41, 5.74) is 2.17. The van der Waals surface area contributed by atoms with Crippen LogP contribution in [-0.4, -0.2) is 17.3 Å². The summed E-state index contributed by atoms with van der Waals surface area (Å²) in [6.45, 7) is 6.96. The van der Waals surface area contributed by atoms with Gasteiger partial charge in [0.1, 0.15) is 0 Å². The number of allylic oxidation sites excluding steroid dienone is 1. The van der Waals surface area contributed by atoms with E-state index in [2.05, 4.69) is 25.1 Å². The van der Waals surface area contributed by atoms with Crippen molar-refractivity contribution in [2.24, 2.45) is 39.7 Å². The second-order valence-electron chi connectivity index (χ2n) is 9.73. The Morgan fingerprint density at radius 1 is 1.17 bits per heavy atom. The van der Waals surface area contributed by atoms with Crippen LogP contribution in [0.1, 0.15) is 72.1 Å². The lowest BCUT2D eigenvalue weighted by Crippen LogP contribution is -2.51. The van der Waals surface area contributed by atoms with Gasteiger partial charge in [-0.25, -0.2) is 0 Å². The van der Waals surface area contributed by atoms with Crippen LogP contribution in [0.2, 0.25) is 0 Å². The van der Waals surface area contributed by atoms with Gasteiger partial charge >= 0.3 is 0 Å². The summed E-state index contributed by atoms with van der Waals surface area (Å²) in [6.07, 6.45) is 11.6. The summed E-state index contributed by atoms with van der Waals surface area (Å²) in [5.74, 6) is 2.79. The Hall–Kier alpha value is -0.700. The number of hydrogen-bond donors (Lipinski definition) is 1. The standard InChI is InChI=1S/C21H33NO2/c1-13(22-24)17-6-7-18-16-5-4-14-12-15(23)8-10-20(14,2)19(16)9-11-21(17,18)3/h4,13,15-19,23H,5-12H2,1-3H3/t13?,15-,16-,17+,18-,19-,20-,21+/m0/s1. The van der Waals surface area contributed by atoms with Gasteiger partial charge in [0.25, 0.3) is 0 Å². The Bertz CT molecular complexity index is 558. The molecule has 0 radical (unpaired) electrons. The molecule has 3 heteroatoms. The lowest BCUT2D eigenvalue weighted by Gasteiger charge is -2.58. The molecule has 0 amide bonds. The second kappa shape index (κ2) is 5.65. The van der Waals surface area contributed by atoms with Crippen molar-refractivity contribution in [1.29, 1.82) is 0 Å². The van der Waals surface area contributed by atoms with Crippen LogP contribution in [0, 0.1) is 39.4 Å². The summed E-state index contributed by atoms with van der Waals surface area (Å²) in [6, 6.07) is -0.0355. The zero-order valence-electron chi connectivity index (χ0n) is 15.5. The maximum Gasteiger partial charge on any atom is 0.0925 e. The fourth-order valence-corrected chi connectivity index (χ4v) is 7.55. The number of fused-ring (bicyclic) bond motifs is 5. The van der Waals surface area contributed by atoms with Crippen molar-refractivity contribution < 1.29 is 5.11 Å². The lowest BCUT2D eigenvalue weighted by atomic mass is 9.47.